The van der Waals surface area contributed by atoms with Crippen LogP contribution < -0.4 is 5.32 Å². The molecule has 0 bridgehead atoms. The Balaban J connectivity index is 2.39. The van der Waals surface area contributed by atoms with Gasteiger partial charge in [0, 0.05) is 19.8 Å². The van der Waals surface area contributed by atoms with Crippen LogP contribution in [0.15, 0.2) is 60.0 Å². The molecule has 0 radical (unpaired) electrons. The molecule has 144 valence electrons. The fraction of sp³-hybridized carbons (Fsp3) is 0.167. The van der Waals surface area contributed by atoms with Gasteiger partial charge in [0.1, 0.15) is 5.44 Å². The summed E-state index contributed by atoms with van der Waals surface area (Å²) in [7, 11) is -1.59. The molecule has 1 amide bonds. The lowest BCUT2D eigenvalue weighted by Crippen LogP contribution is -2.23. The second kappa shape index (κ2) is 8.52. The first-order valence-corrected chi connectivity index (χ1v) is 9.21. The number of rotatable bonds is 6. The van der Waals surface area contributed by atoms with E-state index >= 15 is 0 Å². The number of nitrogens with one attached hydrogen (secondary N) is 1. The van der Waals surface area contributed by atoms with E-state index in [1.54, 1.807) is 30.3 Å². The molecule has 0 fully saturated rings. The van der Waals surface area contributed by atoms with Crippen LogP contribution in [0.3, 0.4) is 0 Å². The Bertz CT molecular complexity index is 856. The number of carbonyl (C=O) groups is 1. The molecule has 2 rings (SSSR count). The average Bonchev–Trinajstić information content (AvgIpc) is 2.67. The third-order valence-corrected chi connectivity index (χ3v) is 5.39. The summed E-state index contributed by atoms with van der Waals surface area (Å²) < 4.78 is 60.6. The quantitative estimate of drug-likeness (QED) is 0.701. The maximum absolute atomic E-state index is 12.7. The van der Waals surface area contributed by atoms with E-state index in [1.807, 2.05) is 0 Å². The molecule has 5 nitrogen and oxygen atoms in total. The first kappa shape index (κ1) is 20.9. The molecule has 0 heterocycles. The van der Waals surface area contributed by atoms with Gasteiger partial charge < -0.3 is 14.4 Å². The third kappa shape index (κ3) is 5.29. The largest absolute Gasteiger partial charge is 0.416 e. The van der Waals surface area contributed by atoms with Crippen LogP contribution in [0.1, 0.15) is 21.5 Å². The van der Waals surface area contributed by atoms with Crippen molar-refractivity contribution in [2.45, 2.75) is 6.18 Å². The highest BCUT2D eigenvalue weighted by Crippen LogP contribution is 2.54. The SMILES string of the molecule is COP(=O)(OC)/C(=C\c1ccc(C(F)(F)F)cc1)NC(=O)c1ccccc1. The smallest absolute Gasteiger partial charge is 0.315 e. The molecule has 0 unspecified atom stereocenters. The van der Waals surface area contributed by atoms with Gasteiger partial charge in [0.2, 0.25) is 0 Å². The van der Waals surface area contributed by atoms with E-state index in [4.69, 9.17) is 9.05 Å². The minimum absolute atomic E-state index is 0.193. The number of alkyl halides is 3. The van der Waals surface area contributed by atoms with Gasteiger partial charge in [0.15, 0.2) is 0 Å². The van der Waals surface area contributed by atoms with Crippen molar-refractivity contribution in [3.8, 4) is 0 Å². The van der Waals surface area contributed by atoms with Crippen molar-refractivity contribution < 1.29 is 31.6 Å². The van der Waals surface area contributed by atoms with Gasteiger partial charge in [-0.1, -0.05) is 30.3 Å². The zero-order chi connectivity index (χ0) is 20.1. The van der Waals surface area contributed by atoms with E-state index in [0.29, 0.717) is 5.56 Å². The highest BCUT2D eigenvalue weighted by molar-refractivity contribution is 7.58. The molecule has 0 atom stereocenters. The van der Waals surface area contributed by atoms with Crippen LogP contribution in [0.2, 0.25) is 0 Å². The van der Waals surface area contributed by atoms with E-state index in [2.05, 4.69) is 5.32 Å². The van der Waals surface area contributed by atoms with Crippen molar-refractivity contribution in [1.29, 1.82) is 0 Å². The van der Waals surface area contributed by atoms with Crippen LogP contribution in [-0.4, -0.2) is 20.1 Å². The predicted octanol–water partition coefficient (Wildman–Crippen LogP) is 4.92. The Morgan fingerprint density at radius 3 is 2.04 bits per heavy atom. The van der Waals surface area contributed by atoms with Gasteiger partial charge in [-0.25, -0.2) is 0 Å². The molecule has 2 aromatic rings. The second-order valence-corrected chi connectivity index (χ2v) is 7.54. The number of hydrogen-bond acceptors (Lipinski definition) is 4. The lowest BCUT2D eigenvalue weighted by molar-refractivity contribution is -0.137. The number of halogens is 3. The van der Waals surface area contributed by atoms with E-state index in [1.165, 1.54) is 18.2 Å². The van der Waals surface area contributed by atoms with Crippen molar-refractivity contribution in [3.63, 3.8) is 0 Å². The lowest BCUT2D eigenvalue weighted by Gasteiger charge is -2.18. The second-order valence-electron chi connectivity index (χ2n) is 5.33. The number of amides is 1. The van der Waals surface area contributed by atoms with Crippen LogP contribution in [0.4, 0.5) is 13.2 Å². The van der Waals surface area contributed by atoms with Gasteiger partial charge in [-0.3, -0.25) is 9.36 Å². The van der Waals surface area contributed by atoms with Gasteiger partial charge >= 0.3 is 13.8 Å². The van der Waals surface area contributed by atoms with Crippen molar-refractivity contribution >= 4 is 19.6 Å². The van der Waals surface area contributed by atoms with Crippen molar-refractivity contribution in [1.82, 2.24) is 5.32 Å². The Morgan fingerprint density at radius 1 is 1.00 bits per heavy atom. The maximum Gasteiger partial charge on any atom is 0.416 e. The molecule has 1 N–H and O–H groups in total. The third-order valence-electron chi connectivity index (χ3n) is 3.59. The van der Waals surface area contributed by atoms with Gasteiger partial charge in [-0.15, -0.1) is 0 Å². The van der Waals surface area contributed by atoms with Gasteiger partial charge in [-0.05, 0) is 35.9 Å². The molecule has 0 saturated carbocycles. The molecule has 0 aliphatic carbocycles. The fourth-order valence-corrected chi connectivity index (χ4v) is 3.25. The topological polar surface area (TPSA) is 64.6 Å². The summed E-state index contributed by atoms with van der Waals surface area (Å²) in [6, 6.07) is 12.3. The molecule has 27 heavy (non-hydrogen) atoms. The fourth-order valence-electron chi connectivity index (χ4n) is 2.16. The van der Waals surface area contributed by atoms with Crippen molar-refractivity contribution in [2.24, 2.45) is 0 Å². The molecule has 9 heteroatoms. The summed E-state index contributed by atoms with van der Waals surface area (Å²) in [5.41, 5.74) is -0.437. The Hall–Kier alpha value is -2.41. The number of benzene rings is 2. The predicted molar refractivity (Wildman–Crippen MR) is 95.0 cm³/mol. The Morgan fingerprint density at radius 2 is 1.56 bits per heavy atom. The first-order chi connectivity index (χ1) is 12.7. The molecular formula is C18H17F3NO4P. The highest BCUT2D eigenvalue weighted by atomic mass is 31.2. The van der Waals surface area contributed by atoms with E-state index in [0.717, 1.165) is 26.4 Å². The van der Waals surface area contributed by atoms with Gasteiger partial charge in [0.25, 0.3) is 5.91 Å². The number of hydrogen-bond donors (Lipinski definition) is 1. The summed E-state index contributed by atoms with van der Waals surface area (Å²) >= 11 is 0. The summed E-state index contributed by atoms with van der Waals surface area (Å²) in [5.74, 6) is -0.567. The Labute approximate surface area is 154 Å². The van der Waals surface area contributed by atoms with Crippen molar-refractivity contribution in [3.05, 3.63) is 76.7 Å². The van der Waals surface area contributed by atoms with Crippen LogP contribution in [0, 0.1) is 0 Å². The molecule has 0 saturated heterocycles. The van der Waals surface area contributed by atoms with Crippen LogP contribution >= 0.6 is 7.60 Å². The lowest BCUT2D eigenvalue weighted by atomic mass is 10.1. The molecular weight excluding hydrogens is 382 g/mol. The monoisotopic (exact) mass is 399 g/mol. The van der Waals surface area contributed by atoms with E-state index in [9.17, 15) is 22.5 Å². The summed E-state index contributed by atoms with van der Waals surface area (Å²) in [6.07, 6.45) is -3.23. The normalized spacial score (nSPS) is 12.7. The molecule has 0 aromatic heterocycles. The van der Waals surface area contributed by atoms with Crippen LogP contribution in [0.25, 0.3) is 6.08 Å². The summed E-state index contributed by atoms with van der Waals surface area (Å²) in [5, 5.41) is 2.46. The van der Waals surface area contributed by atoms with Crippen molar-refractivity contribution in [2.75, 3.05) is 14.2 Å². The minimum Gasteiger partial charge on any atom is -0.315 e. The van der Waals surface area contributed by atoms with Crippen LogP contribution in [0.5, 0.6) is 0 Å². The maximum atomic E-state index is 12.7. The molecule has 2 aromatic carbocycles. The minimum atomic E-state index is -4.47. The molecule has 0 spiro atoms. The zero-order valence-corrected chi connectivity index (χ0v) is 15.4. The molecule has 0 aliphatic rings. The highest BCUT2D eigenvalue weighted by Gasteiger charge is 2.31. The summed E-state index contributed by atoms with van der Waals surface area (Å²) in [6.45, 7) is 0. The zero-order valence-electron chi connectivity index (χ0n) is 14.5. The van der Waals surface area contributed by atoms with E-state index < -0.39 is 25.2 Å². The van der Waals surface area contributed by atoms with E-state index in [-0.39, 0.29) is 11.0 Å². The van der Waals surface area contributed by atoms with Gasteiger partial charge in [-0.2, -0.15) is 13.2 Å². The number of carbonyl (C=O) groups excluding carboxylic acids is 1. The van der Waals surface area contributed by atoms with Gasteiger partial charge in [0.05, 0.1) is 5.56 Å². The average molecular weight is 399 g/mol. The molecule has 0 aliphatic heterocycles. The summed E-state index contributed by atoms with van der Waals surface area (Å²) in [4.78, 5) is 12.4. The van der Waals surface area contributed by atoms with Crippen LogP contribution in [-0.2, 0) is 19.8 Å². The first-order valence-electron chi connectivity index (χ1n) is 7.67. The standard InChI is InChI=1S/C18H17F3NO4P/c1-25-27(24,26-2)16(22-17(23)14-6-4-3-5-7-14)12-13-8-10-15(11-9-13)18(19,20)21/h3-12H,1-2H3,(H,22,23)/b16-12-. The Kier molecular flexibility index (Phi) is 6.59.